The maximum absolute atomic E-state index is 5.80. The van der Waals surface area contributed by atoms with E-state index >= 15 is 0 Å². The van der Waals surface area contributed by atoms with E-state index in [4.69, 9.17) is 4.74 Å². The predicted molar refractivity (Wildman–Crippen MR) is 53.0 cm³/mol. The van der Waals surface area contributed by atoms with Crippen LogP contribution in [0.25, 0.3) is 0 Å². The minimum atomic E-state index is 0.369. The van der Waals surface area contributed by atoms with Crippen LogP contribution in [-0.4, -0.2) is 43.1 Å². The maximum atomic E-state index is 5.80. The van der Waals surface area contributed by atoms with Crippen LogP contribution in [0.5, 0.6) is 0 Å². The van der Waals surface area contributed by atoms with Crippen LogP contribution < -0.4 is 0 Å². The van der Waals surface area contributed by atoms with Gasteiger partial charge in [0, 0.05) is 19.0 Å². The SMILES string of the molecule is CC(C)C1=NC2CN(C)CCC2O1. The van der Waals surface area contributed by atoms with Gasteiger partial charge >= 0.3 is 0 Å². The first-order chi connectivity index (χ1) is 6.16. The zero-order valence-corrected chi connectivity index (χ0v) is 8.66. The van der Waals surface area contributed by atoms with Crippen molar-refractivity contribution in [1.82, 2.24) is 4.90 Å². The van der Waals surface area contributed by atoms with Crippen molar-refractivity contribution >= 4 is 5.90 Å². The molecule has 2 heterocycles. The van der Waals surface area contributed by atoms with Crippen LogP contribution in [0.4, 0.5) is 0 Å². The molecule has 0 N–H and O–H groups in total. The van der Waals surface area contributed by atoms with Gasteiger partial charge < -0.3 is 9.64 Å². The van der Waals surface area contributed by atoms with E-state index in [9.17, 15) is 0 Å². The number of hydrogen-bond acceptors (Lipinski definition) is 3. The molecule has 2 atom stereocenters. The van der Waals surface area contributed by atoms with Crippen molar-refractivity contribution in [3.63, 3.8) is 0 Å². The number of likely N-dealkylation sites (tertiary alicyclic amines) is 1. The lowest BCUT2D eigenvalue weighted by Gasteiger charge is -2.29. The Hall–Kier alpha value is -0.570. The topological polar surface area (TPSA) is 24.8 Å². The van der Waals surface area contributed by atoms with Gasteiger partial charge in [0.15, 0.2) is 5.90 Å². The van der Waals surface area contributed by atoms with Crippen LogP contribution in [0, 0.1) is 5.92 Å². The summed E-state index contributed by atoms with van der Waals surface area (Å²) in [6.07, 6.45) is 1.49. The Morgan fingerprint density at radius 2 is 2.31 bits per heavy atom. The molecule has 0 aromatic rings. The summed E-state index contributed by atoms with van der Waals surface area (Å²) in [5.74, 6) is 1.40. The van der Waals surface area contributed by atoms with E-state index in [1.165, 1.54) is 0 Å². The first kappa shape index (κ1) is 9.00. The molecule has 0 radical (unpaired) electrons. The Morgan fingerprint density at radius 1 is 1.54 bits per heavy atom. The van der Waals surface area contributed by atoms with Crippen LogP contribution in [0.15, 0.2) is 4.99 Å². The van der Waals surface area contributed by atoms with E-state index in [2.05, 4.69) is 30.8 Å². The van der Waals surface area contributed by atoms with Gasteiger partial charge in [0.05, 0.1) is 0 Å². The fraction of sp³-hybridized carbons (Fsp3) is 0.900. The number of piperidine rings is 1. The third kappa shape index (κ3) is 1.70. The second-order valence-electron chi connectivity index (χ2n) is 4.40. The van der Waals surface area contributed by atoms with Crippen molar-refractivity contribution < 1.29 is 4.74 Å². The third-order valence-corrected chi connectivity index (χ3v) is 2.78. The van der Waals surface area contributed by atoms with Crippen LogP contribution in [0.2, 0.25) is 0 Å². The first-order valence-electron chi connectivity index (χ1n) is 5.09. The quantitative estimate of drug-likeness (QED) is 0.607. The van der Waals surface area contributed by atoms with E-state index in [1.54, 1.807) is 0 Å². The normalized spacial score (nSPS) is 34.3. The first-order valence-corrected chi connectivity index (χ1v) is 5.09. The molecule has 1 saturated heterocycles. The second kappa shape index (κ2) is 3.29. The van der Waals surface area contributed by atoms with E-state index in [0.29, 0.717) is 18.1 Å². The summed E-state index contributed by atoms with van der Waals surface area (Å²) < 4.78 is 5.80. The molecule has 2 aliphatic rings. The summed E-state index contributed by atoms with van der Waals surface area (Å²) in [6.45, 7) is 6.47. The molecule has 13 heavy (non-hydrogen) atoms. The van der Waals surface area contributed by atoms with Gasteiger partial charge in [0.1, 0.15) is 12.1 Å². The zero-order chi connectivity index (χ0) is 9.42. The van der Waals surface area contributed by atoms with Crippen LogP contribution in [-0.2, 0) is 4.74 Å². The molecule has 0 aliphatic carbocycles. The summed E-state index contributed by atoms with van der Waals surface area (Å²) in [5, 5.41) is 0. The van der Waals surface area contributed by atoms with Crippen molar-refractivity contribution in [1.29, 1.82) is 0 Å². The highest BCUT2D eigenvalue weighted by Crippen LogP contribution is 2.24. The highest BCUT2D eigenvalue weighted by molar-refractivity contribution is 5.80. The molecule has 2 unspecified atom stereocenters. The molecule has 2 aliphatic heterocycles. The number of ether oxygens (including phenoxy) is 1. The lowest BCUT2D eigenvalue weighted by molar-refractivity contribution is 0.106. The highest BCUT2D eigenvalue weighted by Gasteiger charge is 2.35. The standard InChI is InChI=1S/C10H18N2O/c1-7(2)10-11-8-6-12(3)5-4-9(8)13-10/h7-9H,4-6H2,1-3H3. The Balaban J connectivity index is 2.04. The molecule has 1 fully saturated rings. The summed E-state index contributed by atoms with van der Waals surface area (Å²) in [7, 11) is 2.15. The zero-order valence-electron chi connectivity index (χ0n) is 8.66. The third-order valence-electron chi connectivity index (χ3n) is 2.78. The van der Waals surface area contributed by atoms with Crippen molar-refractivity contribution in [2.75, 3.05) is 20.1 Å². The number of nitrogens with zero attached hydrogens (tertiary/aromatic N) is 2. The van der Waals surface area contributed by atoms with Crippen LogP contribution in [0.3, 0.4) is 0 Å². The fourth-order valence-corrected chi connectivity index (χ4v) is 1.96. The van der Waals surface area contributed by atoms with Crippen LogP contribution in [0.1, 0.15) is 20.3 Å². The average Bonchev–Trinajstić information content (AvgIpc) is 2.46. The number of fused-ring (bicyclic) bond motifs is 1. The number of rotatable bonds is 1. The summed E-state index contributed by atoms with van der Waals surface area (Å²) >= 11 is 0. The molecular weight excluding hydrogens is 164 g/mol. The molecule has 0 spiro atoms. The largest absolute Gasteiger partial charge is 0.475 e. The molecule has 3 heteroatoms. The number of likely N-dealkylation sites (N-methyl/N-ethyl adjacent to an activating group) is 1. The van der Waals surface area contributed by atoms with E-state index < -0.39 is 0 Å². The van der Waals surface area contributed by atoms with Crippen molar-refractivity contribution in [3.8, 4) is 0 Å². The smallest absolute Gasteiger partial charge is 0.186 e. The number of hydrogen-bond donors (Lipinski definition) is 0. The Kier molecular flexibility index (Phi) is 2.28. The van der Waals surface area contributed by atoms with Gasteiger partial charge in [0.2, 0.25) is 0 Å². The second-order valence-corrected chi connectivity index (χ2v) is 4.40. The van der Waals surface area contributed by atoms with Gasteiger partial charge in [-0.2, -0.15) is 0 Å². The van der Waals surface area contributed by atoms with Gasteiger partial charge in [-0.25, -0.2) is 4.99 Å². The molecule has 0 aromatic heterocycles. The maximum Gasteiger partial charge on any atom is 0.186 e. The minimum Gasteiger partial charge on any atom is -0.475 e. The predicted octanol–water partition coefficient (Wildman–Crippen LogP) is 1.14. The highest BCUT2D eigenvalue weighted by atomic mass is 16.5. The molecule has 0 amide bonds. The Labute approximate surface area is 79.8 Å². The van der Waals surface area contributed by atoms with Crippen molar-refractivity contribution in [3.05, 3.63) is 0 Å². The summed E-state index contributed by atoms with van der Waals surface area (Å²) in [4.78, 5) is 6.94. The minimum absolute atomic E-state index is 0.369. The van der Waals surface area contributed by atoms with Gasteiger partial charge in [-0.05, 0) is 13.5 Å². The number of aliphatic imine (C=N–C) groups is 1. The molecule has 0 aromatic carbocycles. The van der Waals surface area contributed by atoms with Crippen molar-refractivity contribution in [2.45, 2.75) is 32.4 Å². The summed E-state index contributed by atoms with van der Waals surface area (Å²) in [6, 6.07) is 0.399. The Bertz CT molecular complexity index is 225. The van der Waals surface area contributed by atoms with Gasteiger partial charge in [-0.3, -0.25) is 0 Å². The molecule has 0 bridgehead atoms. The van der Waals surface area contributed by atoms with Crippen molar-refractivity contribution in [2.24, 2.45) is 10.9 Å². The van der Waals surface area contributed by atoms with E-state index in [0.717, 1.165) is 25.4 Å². The molecule has 74 valence electrons. The van der Waals surface area contributed by atoms with E-state index in [1.807, 2.05) is 0 Å². The lowest BCUT2D eigenvalue weighted by Crippen LogP contribution is -2.42. The van der Waals surface area contributed by atoms with Gasteiger partial charge in [0.25, 0.3) is 0 Å². The lowest BCUT2D eigenvalue weighted by atomic mass is 10.0. The molecular formula is C10H18N2O. The monoisotopic (exact) mass is 182 g/mol. The van der Waals surface area contributed by atoms with E-state index in [-0.39, 0.29) is 0 Å². The van der Waals surface area contributed by atoms with Gasteiger partial charge in [-0.1, -0.05) is 13.8 Å². The Morgan fingerprint density at radius 3 is 3.00 bits per heavy atom. The molecule has 0 saturated carbocycles. The summed E-state index contributed by atoms with van der Waals surface area (Å²) in [5.41, 5.74) is 0. The van der Waals surface area contributed by atoms with Crippen LogP contribution >= 0.6 is 0 Å². The fourth-order valence-electron chi connectivity index (χ4n) is 1.96. The average molecular weight is 182 g/mol. The van der Waals surface area contributed by atoms with Gasteiger partial charge in [-0.15, -0.1) is 0 Å². The molecule has 2 rings (SSSR count). The molecule has 3 nitrogen and oxygen atoms in total.